The van der Waals surface area contributed by atoms with Gasteiger partial charge in [-0.15, -0.1) is 0 Å². The highest BCUT2D eigenvalue weighted by Gasteiger charge is 2.48. The van der Waals surface area contributed by atoms with Gasteiger partial charge >= 0.3 is 0 Å². The Bertz CT molecular complexity index is 437. The van der Waals surface area contributed by atoms with Crippen molar-refractivity contribution in [3.63, 3.8) is 0 Å². The molecule has 3 rings (SSSR count). The zero-order valence-electron chi connectivity index (χ0n) is 13.5. The molecule has 0 aromatic carbocycles. The predicted molar refractivity (Wildman–Crippen MR) is 81.5 cm³/mol. The first kappa shape index (κ1) is 14.9. The van der Waals surface area contributed by atoms with E-state index >= 15 is 0 Å². The molecule has 2 saturated carbocycles. The molecule has 118 valence electrons. The minimum absolute atomic E-state index is 0.0407. The molecule has 21 heavy (non-hydrogen) atoms. The summed E-state index contributed by atoms with van der Waals surface area (Å²) in [5, 5.41) is 2.90. The summed E-state index contributed by atoms with van der Waals surface area (Å²) in [6.07, 6.45) is 6.68. The Labute approximate surface area is 127 Å². The molecule has 2 amide bonds. The molecule has 0 spiro atoms. The number of carbonyl (C=O) groups is 2. The maximum Gasteiger partial charge on any atom is 0.246 e. The average molecular weight is 292 g/mol. The molecular formula is C17H28N2O2. The van der Waals surface area contributed by atoms with E-state index in [1.807, 2.05) is 18.7 Å². The maximum absolute atomic E-state index is 12.8. The number of carbonyl (C=O) groups excluding carboxylic acids is 2. The summed E-state index contributed by atoms with van der Waals surface area (Å²) in [6.45, 7) is 6.15. The van der Waals surface area contributed by atoms with E-state index in [1.165, 1.54) is 25.7 Å². The van der Waals surface area contributed by atoms with Crippen LogP contribution >= 0.6 is 0 Å². The lowest BCUT2D eigenvalue weighted by Crippen LogP contribution is -2.66. The second-order valence-corrected chi connectivity index (χ2v) is 7.22. The molecule has 0 aromatic heterocycles. The van der Waals surface area contributed by atoms with E-state index in [9.17, 15) is 9.59 Å². The quantitative estimate of drug-likeness (QED) is 0.864. The molecule has 3 fully saturated rings. The van der Waals surface area contributed by atoms with Gasteiger partial charge in [0, 0.05) is 6.04 Å². The standard InChI is InChI=1S/C17H28N2O2/c1-4-14-17(21)19(15(5-2)16(20)18-14)10(3)13-9-11-6-7-12(13)8-11/h10-15H,4-9H2,1-3H3,(H,18,20). The fourth-order valence-electron chi connectivity index (χ4n) is 5.02. The van der Waals surface area contributed by atoms with Crippen LogP contribution in [0.4, 0.5) is 0 Å². The lowest BCUT2D eigenvalue weighted by molar-refractivity contribution is -0.153. The minimum Gasteiger partial charge on any atom is -0.343 e. The van der Waals surface area contributed by atoms with E-state index in [-0.39, 0.29) is 29.9 Å². The van der Waals surface area contributed by atoms with Gasteiger partial charge in [-0.2, -0.15) is 0 Å². The van der Waals surface area contributed by atoms with Gasteiger partial charge in [-0.1, -0.05) is 20.3 Å². The zero-order chi connectivity index (χ0) is 15.1. The van der Waals surface area contributed by atoms with Crippen molar-refractivity contribution < 1.29 is 9.59 Å². The summed E-state index contributed by atoms with van der Waals surface area (Å²) < 4.78 is 0. The lowest BCUT2D eigenvalue weighted by atomic mass is 9.82. The molecule has 4 heteroatoms. The third kappa shape index (κ3) is 2.36. The Morgan fingerprint density at radius 1 is 1.19 bits per heavy atom. The van der Waals surface area contributed by atoms with Crippen molar-refractivity contribution in [3.8, 4) is 0 Å². The van der Waals surface area contributed by atoms with E-state index in [0.717, 1.165) is 11.8 Å². The van der Waals surface area contributed by atoms with E-state index in [0.29, 0.717) is 18.8 Å². The number of amides is 2. The fourth-order valence-corrected chi connectivity index (χ4v) is 5.02. The monoisotopic (exact) mass is 292 g/mol. The van der Waals surface area contributed by atoms with Crippen molar-refractivity contribution in [1.29, 1.82) is 0 Å². The summed E-state index contributed by atoms with van der Waals surface area (Å²) in [5.41, 5.74) is 0. The number of piperazine rings is 1. The summed E-state index contributed by atoms with van der Waals surface area (Å²) in [6, 6.07) is -0.381. The van der Waals surface area contributed by atoms with Gasteiger partial charge in [0.2, 0.25) is 11.8 Å². The maximum atomic E-state index is 12.8. The molecule has 6 unspecified atom stereocenters. The topological polar surface area (TPSA) is 49.4 Å². The van der Waals surface area contributed by atoms with Crippen LogP contribution < -0.4 is 5.32 Å². The Morgan fingerprint density at radius 3 is 2.48 bits per heavy atom. The third-order valence-corrected chi connectivity index (χ3v) is 6.15. The van der Waals surface area contributed by atoms with Gasteiger partial charge in [0.25, 0.3) is 0 Å². The first-order chi connectivity index (χ1) is 10.1. The highest BCUT2D eigenvalue weighted by Crippen LogP contribution is 2.50. The Balaban J connectivity index is 1.82. The molecule has 2 bridgehead atoms. The van der Waals surface area contributed by atoms with Crippen molar-refractivity contribution in [3.05, 3.63) is 0 Å². The van der Waals surface area contributed by atoms with Gasteiger partial charge in [0.1, 0.15) is 12.1 Å². The molecule has 1 aliphatic heterocycles. The van der Waals surface area contributed by atoms with Crippen LogP contribution in [0.1, 0.15) is 59.3 Å². The van der Waals surface area contributed by atoms with E-state index in [2.05, 4.69) is 12.2 Å². The highest BCUT2D eigenvalue weighted by atomic mass is 16.2. The lowest BCUT2D eigenvalue weighted by Gasteiger charge is -2.45. The van der Waals surface area contributed by atoms with Crippen molar-refractivity contribution in [1.82, 2.24) is 10.2 Å². The minimum atomic E-state index is -0.318. The molecule has 1 heterocycles. The van der Waals surface area contributed by atoms with Crippen LogP contribution in [0.25, 0.3) is 0 Å². The number of hydrogen-bond acceptors (Lipinski definition) is 2. The van der Waals surface area contributed by atoms with Crippen LogP contribution in [0.5, 0.6) is 0 Å². The molecule has 1 saturated heterocycles. The molecule has 2 aliphatic carbocycles. The molecule has 1 N–H and O–H groups in total. The Morgan fingerprint density at radius 2 is 1.95 bits per heavy atom. The van der Waals surface area contributed by atoms with Crippen LogP contribution in [0.15, 0.2) is 0 Å². The molecular weight excluding hydrogens is 264 g/mol. The Hall–Kier alpha value is -1.06. The van der Waals surface area contributed by atoms with Gasteiger partial charge in [0.05, 0.1) is 0 Å². The van der Waals surface area contributed by atoms with Crippen molar-refractivity contribution in [2.75, 3.05) is 0 Å². The van der Waals surface area contributed by atoms with Crippen LogP contribution in [0.2, 0.25) is 0 Å². The van der Waals surface area contributed by atoms with E-state index in [1.54, 1.807) is 0 Å². The van der Waals surface area contributed by atoms with Crippen molar-refractivity contribution in [2.24, 2.45) is 17.8 Å². The molecule has 4 nitrogen and oxygen atoms in total. The molecule has 3 aliphatic rings. The fraction of sp³-hybridized carbons (Fsp3) is 0.882. The smallest absolute Gasteiger partial charge is 0.246 e. The number of fused-ring (bicyclic) bond motifs is 2. The van der Waals surface area contributed by atoms with E-state index in [4.69, 9.17) is 0 Å². The van der Waals surface area contributed by atoms with Gasteiger partial charge in [-0.25, -0.2) is 0 Å². The van der Waals surface area contributed by atoms with Gasteiger partial charge in [-0.3, -0.25) is 9.59 Å². The second kappa shape index (κ2) is 5.62. The molecule has 6 atom stereocenters. The van der Waals surface area contributed by atoms with Gasteiger partial charge in [-0.05, 0) is 56.8 Å². The first-order valence-corrected chi connectivity index (χ1v) is 8.69. The molecule has 0 radical (unpaired) electrons. The summed E-state index contributed by atoms with van der Waals surface area (Å²) in [7, 11) is 0. The van der Waals surface area contributed by atoms with Gasteiger partial charge in [0.15, 0.2) is 0 Å². The molecule has 0 aromatic rings. The van der Waals surface area contributed by atoms with Crippen LogP contribution in [0.3, 0.4) is 0 Å². The van der Waals surface area contributed by atoms with Crippen LogP contribution in [0, 0.1) is 17.8 Å². The van der Waals surface area contributed by atoms with E-state index < -0.39 is 0 Å². The zero-order valence-corrected chi connectivity index (χ0v) is 13.5. The summed E-state index contributed by atoms with van der Waals surface area (Å²) in [5.74, 6) is 2.43. The Kier molecular flexibility index (Phi) is 3.98. The predicted octanol–water partition coefficient (Wildman–Crippen LogP) is 2.33. The first-order valence-electron chi connectivity index (χ1n) is 8.69. The SMILES string of the molecule is CCC1NC(=O)C(CC)N(C(C)C2CC3CCC2C3)C1=O. The van der Waals surface area contributed by atoms with Crippen LogP contribution in [-0.2, 0) is 9.59 Å². The van der Waals surface area contributed by atoms with Gasteiger partial charge < -0.3 is 10.2 Å². The largest absolute Gasteiger partial charge is 0.343 e. The van der Waals surface area contributed by atoms with Crippen LogP contribution in [-0.4, -0.2) is 34.8 Å². The van der Waals surface area contributed by atoms with Crippen molar-refractivity contribution >= 4 is 11.8 Å². The summed E-state index contributed by atoms with van der Waals surface area (Å²) >= 11 is 0. The third-order valence-electron chi connectivity index (χ3n) is 6.15. The average Bonchev–Trinajstić information content (AvgIpc) is 3.10. The highest BCUT2D eigenvalue weighted by molar-refractivity contribution is 5.97. The normalized spacial score (nSPS) is 40.5. The number of rotatable bonds is 4. The second-order valence-electron chi connectivity index (χ2n) is 7.22. The number of nitrogens with zero attached hydrogens (tertiary/aromatic N) is 1. The number of nitrogens with one attached hydrogen (secondary N) is 1. The number of hydrogen-bond donors (Lipinski definition) is 1. The van der Waals surface area contributed by atoms with Crippen molar-refractivity contribution in [2.45, 2.75) is 77.4 Å². The summed E-state index contributed by atoms with van der Waals surface area (Å²) in [4.78, 5) is 27.1.